The van der Waals surface area contributed by atoms with Crippen molar-refractivity contribution in [2.24, 2.45) is 0 Å². The number of thioether (sulfide) groups is 1. The fourth-order valence-electron chi connectivity index (χ4n) is 2.88. The SMILES string of the molecule is COc1cc(C[C@@H]2SC(=O)NC2=O)ccc1C(=O)NCc1ccc(C(F)(F)F)cc1. The van der Waals surface area contributed by atoms with Crippen LogP contribution in [0.2, 0.25) is 0 Å². The van der Waals surface area contributed by atoms with Gasteiger partial charge in [0.15, 0.2) is 0 Å². The molecule has 0 aromatic heterocycles. The number of alkyl halides is 3. The highest BCUT2D eigenvalue weighted by Crippen LogP contribution is 2.29. The van der Waals surface area contributed by atoms with Crippen LogP contribution in [0.15, 0.2) is 42.5 Å². The molecule has 1 atom stereocenters. The number of imide groups is 1. The molecular formula is C20H17F3N2O4S. The fraction of sp³-hybridized carbons (Fsp3) is 0.250. The number of ether oxygens (including phenoxy) is 1. The van der Waals surface area contributed by atoms with Gasteiger partial charge < -0.3 is 10.1 Å². The van der Waals surface area contributed by atoms with Gasteiger partial charge in [0.05, 0.1) is 23.5 Å². The van der Waals surface area contributed by atoms with Crippen molar-refractivity contribution in [2.75, 3.05) is 7.11 Å². The summed E-state index contributed by atoms with van der Waals surface area (Å²) in [4.78, 5) is 35.5. The minimum Gasteiger partial charge on any atom is -0.496 e. The van der Waals surface area contributed by atoms with Crippen LogP contribution in [0.3, 0.4) is 0 Å². The molecular weight excluding hydrogens is 421 g/mol. The number of hydrogen-bond donors (Lipinski definition) is 2. The van der Waals surface area contributed by atoms with Gasteiger partial charge in [-0.05, 0) is 41.8 Å². The van der Waals surface area contributed by atoms with Crippen LogP contribution in [0.4, 0.5) is 18.0 Å². The minimum atomic E-state index is -4.41. The van der Waals surface area contributed by atoms with Crippen molar-refractivity contribution in [2.45, 2.75) is 24.4 Å². The van der Waals surface area contributed by atoms with Crippen LogP contribution in [0.5, 0.6) is 5.75 Å². The van der Waals surface area contributed by atoms with Gasteiger partial charge in [0, 0.05) is 6.54 Å². The van der Waals surface area contributed by atoms with E-state index in [0.717, 1.165) is 23.9 Å². The number of nitrogens with one attached hydrogen (secondary N) is 2. The van der Waals surface area contributed by atoms with Gasteiger partial charge in [0.1, 0.15) is 5.75 Å². The smallest absolute Gasteiger partial charge is 0.416 e. The monoisotopic (exact) mass is 438 g/mol. The van der Waals surface area contributed by atoms with Crippen molar-refractivity contribution >= 4 is 28.8 Å². The summed E-state index contributed by atoms with van der Waals surface area (Å²) in [6.07, 6.45) is -4.12. The number of methoxy groups -OCH3 is 1. The molecule has 0 saturated carbocycles. The Labute approximate surface area is 174 Å². The van der Waals surface area contributed by atoms with E-state index in [1.54, 1.807) is 12.1 Å². The van der Waals surface area contributed by atoms with E-state index in [0.29, 0.717) is 17.5 Å². The predicted octanol–water partition coefficient (Wildman–Crippen LogP) is 3.54. The van der Waals surface area contributed by atoms with Gasteiger partial charge in [-0.3, -0.25) is 19.7 Å². The molecule has 0 aliphatic carbocycles. The lowest BCUT2D eigenvalue weighted by Gasteiger charge is -2.13. The Morgan fingerprint density at radius 2 is 1.80 bits per heavy atom. The summed E-state index contributed by atoms with van der Waals surface area (Å²) in [5.41, 5.74) is 0.716. The third kappa shape index (κ3) is 5.12. The van der Waals surface area contributed by atoms with E-state index in [2.05, 4.69) is 10.6 Å². The highest BCUT2D eigenvalue weighted by molar-refractivity contribution is 8.15. The lowest BCUT2D eigenvalue weighted by Crippen LogP contribution is -2.25. The molecule has 2 aromatic carbocycles. The van der Waals surface area contributed by atoms with Crippen LogP contribution in [0, 0.1) is 0 Å². The van der Waals surface area contributed by atoms with Crippen molar-refractivity contribution in [1.29, 1.82) is 0 Å². The topological polar surface area (TPSA) is 84.5 Å². The molecule has 10 heteroatoms. The average Bonchev–Trinajstić information content (AvgIpc) is 3.02. The fourth-order valence-corrected chi connectivity index (χ4v) is 3.74. The van der Waals surface area contributed by atoms with Crippen molar-refractivity contribution in [3.8, 4) is 5.75 Å². The molecule has 0 bridgehead atoms. The van der Waals surface area contributed by atoms with Gasteiger partial charge in [0.25, 0.3) is 11.1 Å². The Bertz CT molecular complexity index is 977. The second kappa shape index (κ2) is 8.78. The lowest BCUT2D eigenvalue weighted by molar-refractivity contribution is -0.137. The molecule has 3 rings (SSSR count). The van der Waals surface area contributed by atoms with Crippen LogP contribution < -0.4 is 15.4 Å². The number of amides is 3. The first-order valence-electron chi connectivity index (χ1n) is 8.80. The Morgan fingerprint density at radius 3 is 2.37 bits per heavy atom. The molecule has 1 aliphatic rings. The van der Waals surface area contributed by atoms with E-state index in [9.17, 15) is 27.6 Å². The molecule has 1 heterocycles. The van der Waals surface area contributed by atoms with Crippen molar-refractivity contribution in [1.82, 2.24) is 10.6 Å². The van der Waals surface area contributed by atoms with Gasteiger partial charge >= 0.3 is 6.18 Å². The molecule has 30 heavy (non-hydrogen) atoms. The number of rotatable bonds is 6. The summed E-state index contributed by atoms with van der Waals surface area (Å²) in [6, 6.07) is 9.33. The number of halogens is 3. The largest absolute Gasteiger partial charge is 0.496 e. The van der Waals surface area contributed by atoms with Crippen LogP contribution in [0.25, 0.3) is 0 Å². The molecule has 0 unspecified atom stereocenters. The molecule has 2 N–H and O–H groups in total. The molecule has 1 saturated heterocycles. The van der Waals surface area contributed by atoms with Crippen LogP contribution in [0.1, 0.15) is 27.0 Å². The van der Waals surface area contributed by atoms with Gasteiger partial charge in [-0.25, -0.2) is 0 Å². The summed E-state index contributed by atoms with van der Waals surface area (Å²) < 4.78 is 43.1. The van der Waals surface area contributed by atoms with E-state index in [4.69, 9.17) is 4.74 Å². The number of hydrogen-bond acceptors (Lipinski definition) is 5. The summed E-state index contributed by atoms with van der Waals surface area (Å²) in [5.74, 6) is -0.532. The molecule has 1 aliphatic heterocycles. The molecule has 2 aromatic rings. The summed E-state index contributed by atoms with van der Waals surface area (Å²) in [6.45, 7) is 0.0445. The zero-order valence-corrected chi connectivity index (χ0v) is 16.5. The summed E-state index contributed by atoms with van der Waals surface area (Å²) in [5, 5.41) is 3.92. The van der Waals surface area contributed by atoms with Crippen molar-refractivity contribution in [3.63, 3.8) is 0 Å². The van der Waals surface area contributed by atoms with Gasteiger partial charge in [-0.1, -0.05) is 30.0 Å². The highest BCUT2D eigenvalue weighted by Gasteiger charge is 2.32. The standard InChI is InChI=1S/C20H17F3N2O4S/c1-29-15-8-12(9-16-18(27)25-19(28)30-16)4-7-14(15)17(26)24-10-11-2-5-13(6-3-11)20(21,22)23/h2-8,16H,9-10H2,1H3,(H,24,26)(H,25,27,28)/t16-/m0/s1. The quantitative estimate of drug-likeness (QED) is 0.721. The first-order valence-corrected chi connectivity index (χ1v) is 9.68. The van der Waals surface area contributed by atoms with E-state index in [-0.39, 0.29) is 23.8 Å². The van der Waals surface area contributed by atoms with Gasteiger partial charge in [0.2, 0.25) is 5.91 Å². The Hall–Kier alpha value is -3.01. The molecule has 0 radical (unpaired) electrons. The molecule has 6 nitrogen and oxygen atoms in total. The van der Waals surface area contributed by atoms with Gasteiger partial charge in [-0.2, -0.15) is 13.2 Å². The lowest BCUT2D eigenvalue weighted by atomic mass is 10.0. The first-order chi connectivity index (χ1) is 14.2. The first kappa shape index (κ1) is 21.7. The van der Waals surface area contributed by atoms with Crippen LogP contribution >= 0.6 is 11.8 Å². The number of carbonyl (C=O) groups excluding carboxylic acids is 3. The second-order valence-corrected chi connectivity index (χ2v) is 7.67. The predicted molar refractivity (Wildman–Crippen MR) is 104 cm³/mol. The third-order valence-electron chi connectivity index (χ3n) is 4.43. The number of benzene rings is 2. The molecule has 158 valence electrons. The maximum absolute atomic E-state index is 12.6. The normalized spacial score (nSPS) is 16.3. The van der Waals surface area contributed by atoms with Crippen molar-refractivity contribution in [3.05, 3.63) is 64.7 Å². The summed E-state index contributed by atoms with van der Waals surface area (Å²) >= 11 is 0.911. The van der Waals surface area contributed by atoms with E-state index in [1.807, 2.05) is 0 Å². The van der Waals surface area contributed by atoms with Crippen LogP contribution in [-0.4, -0.2) is 29.4 Å². The minimum absolute atomic E-state index is 0.0445. The molecule has 3 amide bonds. The maximum atomic E-state index is 12.6. The Kier molecular flexibility index (Phi) is 6.35. The average molecular weight is 438 g/mol. The van der Waals surface area contributed by atoms with E-state index >= 15 is 0 Å². The van der Waals surface area contributed by atoms with Crippen molar-refractivity contribution < 1.29 is 32.3 Å². The summed E-state index contributed by atoms with van der Waals surface area (Å²) in [7, 11) is 1.40. The molecule has 0 spiro atoms. The number of carbonyl (C=O) groups is 3. The third-order valence-corrected chi connectivity index (χ3v) is 5.41. The van der Waals surface area contributed by atoms with E-state index < -0.39 is 28.1 Å². The Morgan fingerprint density at radius 1 is 1.13 bits per heavy atom. The van der Waals surface area contributed by atoms with Crippen LogP contribution in [-0.2, 0) is 23.9 Å². The Balaban J connectivity index is 1.65. The van der Waals surface area contributed by atoms with Gasteiger partial charge in [-0.15, -0.1) is 0 Å². The molecule has 1 fully saturated rings. The van der Waals surface area contributed by atoms with E-state index in [1.165, 1.54) is 25.3 Å². The highest BCUT2D eigenvalue weighted by atomic mass is 32.2. The zero-order chi connectivity index (χ0) is 21.9. The zero-order valence-electron chi connectivity index (χ0n) is 15.7. The second-order valence-electron chi connectivity index (χ2n) is 6.50. The maximum Gasteiger partial charge on any atom is 0.416 e.